The first-order valence-corrected chi connectivity index (χ1v) is 9.87. The number of nitrogens with zero attached hydrogens (tertiary/aromatic N) is 1. The maximum absolute atomic E-state index is 13.1. The van der Waals surface area contributed by atoms with Crippen molar-refractivity contribution in [1.29, 1.82) is 0 Å². The van der Waals surface area contributed by atoms with Gasteiger partial charge in [-0.05, 0) is 50.1 Å². The molecular weight excluding hydrogens is 354 g/mol. The number of aryl methyl sites for hydroxylation is 1. The Morgan fingerprint density at radius 3 is 2.71 bits per heavy atom. The molecule has 1 amide bonds. The SMILES string of the molecule is Cc1cc(C(=O)N2CC[C@@]3(c4ccccc4)OCOC3C2)ccc1OC(C)C. The standard InChI is InChI=1S/C23H27NO4/c1-16(2)28-20-10-9-18(13-17(20)3)22(25)24-12-11-23(19-7-5-4-6-8-19)21(14-24)26-15-27-23/h4-10,13,16,21H,11-12,14-15H2,1-3H3/t21?,23-/m0/s1. The minimum absolute atomic E-state index is 0.0244. The maximum atomic E-state index is 13.1. The molecule has 0 spiro atoms. The molecule has 2 heterocycles. The van der Waals surface area contributed by atoms with E-state index in [0.29, 0.717) is 18.7 Å². The van der Waals surface area contributed by atoms with E-state index >= 15 is 0 Å². The van der Waals surface area contributed by atoms with Crippen molar-refractivity contribution in [3.05, 3.63) is 65.2 Å². The van der Waals surface area contributed by atoms with Gasteiger partial charge in [0.1, 0.15) is 24.2 Å². The molecule has 5 heteroatoms. The fraction of sp³-hybridized carbons (Fsp3) is 0.435. The number of piperidine rings is 1. The topological polar surface area (TPSA) is 48.0 Å². The summed E-state index contributed by atoms with van der Waals surface area (Å²) in [6.07, 6.45) is 0.672. The van der Waals surface area contributed by atoms with E-state index < -0.39 is 5.60 Å². The lowest BCUT2D eigenvalue weighted by Gasteiger charge is -2.42. The van der Waals surface area contributed by atoms with Gasteiger partial charge in [-0.15, -0.1) is 0 Å². The Bertz CT molecular complexity index is 851. The normalized spacial score (nSPS) is 24.3. The molecule has 2 fully saturated rings. The third-order valence-electron chi connectivity index (χ3n) is 5.58. The van der Waals surface area contributed by atoms with Crippen molar-refractivity contribution in [2.75, 3.05) is 19.9 Å². The van der Waals surface area contributed by atoms with Crippen LogP contribution in [0.5, 0.6) is 5.75 Å². The molecule has 2 saturated heterocycles. The van der Waals surface area contributed by atoms with Crippen LogP contribution in [-0.4, -0.2) is 42.9 Å². The van der Waals surface area contributed by atoms with Crippen LogP contribution in [0.3, 0.4) is 0 Å². The van der Waals surface area contributed by atoms with Crippen molar-refractivity contribution >= 4 is 5.91 Å². The molecule has 0 bridgehead atoms. The quantitative estimate of drug-likeness (QED) is 0.806. The maximum Gasteiger partial charge on any atom is 0.253 e. The third kappa shape index (κ3) is 3.40. The molecule has 2 atom stereocenters. The monoisotopic (exact) mass is 381 g/mol. The number of ether oxygens (including phenoxy) is 3. The molecule has 148 valence electrons. The second-order valence-electron chi connectivity index (χ2n) is 7.82. The zero-order chi connectivity index (χ0) is 19.7. The fourth-order valence-electron chi connectivity index (χ4n) is 4.14. The molecule has 2 aromatic carbocycles. The molecule has 5 nitrogen and oxygen atoms in total. The van der Waals surface area contributed by atoms with Crippen molar-refractivity contribution in [2.45, 2.75) is 45.0 Å². The number of benzene rings is 2. The van der Waals surface area contributed by atoms with Gasteiger partial charge in [0, 0.05) is 18.5 Å². The summed E-state index contributed by atoms with van der Waals surface area (Å²) in [7, 11) is 0. The van der Waals surface area contributed by atoms with E-state index in [4.69, 9.17) is 14.2 Å². The summed E-state index contributed by atoms with van der Waals surface area (Å²) in [5.74, 6) is 0.845. The van der Waals surface area contributed by atoms with Crippen LogP contribution in [0.2, 0.25) is 0 Å². The average molecular weight is 381 g/mol. The third-order valence-corrected chi connectivity index (χ3v) is 5.58. The summed E-state index contributed by atoms with van der Waals surface area (Å²) in [5.41, 5.74) is 2.31. The number of rotatable bonds is 4. The van der Waals surface area contributed by atoms with E-state index in [-0.39, 0.29) is 24.9 Å². The highest BCUT2D eigenvalue weighted by Crippen LogP contribution is 2.42. The summed E-state index contributed by atoms with van der Waals surface area (Å²) in [6.45, 7) is 7.39. The molecule has 0 saturated carbocycles. The molecule has 0 aliphatic carbocycles. The molecule has 1 unspecified atom stereocenters. The molecule has 28 heavy (non-hydrogen) atoms. The number of amides is 1. The molecule has 2 aliphatic rings. The van der Waals surface area contributed by atoms with Crippen molar-refractivity contribution in [1.82, 2.24) is 4.90 Å². The number of fused-ring (bicyclic) bond motifs is 1. The highest BCUT2D eigenvalue weighted by atomic mass is 16.7. The van der Waals surface area contributed by atoms with Crippen LogP contribution in [-0.2, 0) is 15.1 Å². The highest BCUT2D eigenvalue weighted by Gasteiger charge is 2.51. The first kappa shape index (κ1) is 19.0. The van der Waals surface area contributed by atoms with Gasteiger partial charge < -0.3 is 19.1 Å². The molecule has 2 aromatic rings. The first-order chi connectivity index (χ1) is 13.5. The van der Waals surface area contributed by atoms with E-state index in [0.717, 1.165) is 23.3 Å². The summed E-state index contributed by atoms with van der Waals surface area (Å²) in [4.78, 5) is 15.0. The van der Waals surface area contributed by atoms with Crippen LogP contribution < -0.4 is 4.74 Å². The van der Waals surface area contributed by atoms with E-state index in [9.17, 15) is 4.79 Å². The van der Waals surface area contributed by atoms with Crippen molar-refractivity contribution < 1.29 is 19.0 Å². The van der Waals surface area contributed by atoms with Crippen molar-refractivity contribution in [2.24, 2.45) is 0 Å². The van der Waals surface area contributed by atoms with Gasteiger partial charge in [-0.3, -0.25) is 4.79 Å². The van der Waals surface area contributed by atoms with Crippen LogP contribution in [0.15, 0.2) is 48.5 Å². The van der Waals surface area contributed by atoms with E-state index in [1.807, 2.05) is 62.1 Å². The Kier molecular flexibility index (Phi) is 5.13. The molecular formula is C23H27NO4. The molecule has 4 rings (SSSR count). The van der Waals surface area contributed by atoms with E-state index in [1.165, 1.54) is 0 Å². The van der Waals surface area contributed by atoms with Crippen LogP contribution in [0, 0.1) is 6.92 Å². The van der Waals surface area contributed by atoms with Gasteiger partial charge in [-0.25, -0.2) is 0 Å². The first-order valence-electron chi connectivity index (χ1n) is 9.87. The zero-order valence-corrected chi connectivity index (χ0v) is 16.7. The predicted octanol–water partition coefficient (Wildman–Crippen LogP) is 3.90. The van der Waals surface area contributed by atoms with Crippen LogP contribution in [0.25, 0.3) is 0 Å². The lowest BCUT2D eigenvalue weighted by Crippen LogP contribution is -2.53. The number of hydrogen-bond acceptors (Lipinski definition) is 4. The van der Waals surface area contributed by atoms with Gasteiger partial charge in [0.05, 0.1) is 12.6 Å². The van der Waals surface area contributed by atoms with Gasteiger partial charge >= 0.3 is 0 Å². The van der Waals surface area contributed by atoms with Crippen LogP contribution >= 0.6 is 0 Å². The van der Waals surface area contributed by atoms with E-state index in [2.05, 4.69) is 12.1 Å². The Balaban J connectivity index is 1.51. The van der Waals surface area contributed by atoms with Crippen LogP contribution in [0.4, 0.5) is 0 Å². The number of hydrogen-bond donors (Lipinski definition) is 0. The number of likely N-dealkylation sites (tertiary alicyclic amines) is 1. The lowest BCUT2D eigenvalue weighted by atomic mass is 9.82. The Morgan fingerprint density at radius 1 is 1.21 bits per heavy atom. The summed E-state index contributed by atoms with van der Waals surface area (Å²) in [6, 6.07) is 15.8. The molecule has 0 radical (unpaired) electrons. The smallest absolute Gasteiger partial charge is 0.253 e. The Hall–Kier alpha value is -2.37. The summed E-state index contributed by atoms with van der Waals surface area (Å²) in [5, 5.41) is 0. The molecule has 2 aliphatic heterocycles. The van der Waals surface area contributed by atoms with Gasteiger partial charge in [0.15, 0.2) is 0 Å². The second-order valence-corrected chi connectivity index (χ2v) is 7.82. The highest BCUT2D eigenvalue weighted by molar-refractivity contribution is 5.94. The second kappa shape index (κ2) is 7.57. The number of carbonyl (C=O) groups excluding carboxylic acids is 1. The largest absolute Gasteiger partial charge is 0.491 e. The van der Waals surface area contributed by atoms with Gasteiger partial charge in [0.2, 0.25) is 0 Å². The van der Waals surface area contributed by atoms with Gasteiger partial charge in [-0.1, -0.05) is 30.3 Å². The average Bonchev–Trinajstić information content (AvgIpc) is 3.13. The Morgan fingerprint density at radius 2 is 2.00 bits per heavy atom. The summed E-state index contributed by atoms with van der Waals surface area (Å²) >= 11 is 0. The number of carbonyl (C=O) groups is 1. The predicted molar refractivity (Wildman–Crippen MR) is 106 cm³/mol. The lowest BCUT2D eigenvalue weighted by molar-refractivity contribution is -0.0439. The molecule has 0 aromatic heterocycles. The summed E-state index contributed by atoms with van der Waals surface area (Å²) < 4.78 is 17.7. The Labute approximate surface area is 166 Å². The van der Waals surface area contributed by atoms with Crippen LogP contribution in [0.1, 0.15) is 41.8 Å². The van der Waals surface area contributed by atoms with Gasteiger partial charge in [-0.2, -0.15) is 0 Å². The minimum atomic E-state index is -0.455. The fourth-order valence-corrected chi connectivity index (χ4v) is 4.14. The minimum Gasteiger partial charge on any atom is -0.491 e. The zero-order valence-electron chi connectivity index (χ0n) is 16.7. The van der Waals surface area contributed by atoms with E-state index in [1.54, 1.807) is 0 Å². The molecule has 0 N–H and O–H groups in total. The van der Waals surface area contributed by atoms with Crippen molar-refractivity contribution in [3.63, 3.8) is 0 Å². The van der Waals surface area contributed by atoms with Crippen molar-refractivity contribution in [3.8, 4) is 5.75 Å². The van der Waals surface area contributed by atoms with Gasteiger partial charge in [0.25, 0.3) is 5.91 Å².